The van der Waals surface area contributed by atoms with Crippen molar-refractivity contribution in [1.29, 1.82) is 0 Å². The number of hydrazone groups is 1. The van der Waals surface area contributed by atoms with Crippen LogP contribution in [0.25, 0.3) is 11.3 Å². The Labute approximate surface area is 233 Å². The Hall–Kier alpha value is -4.70. The summed E-state index contributed by atoms with van der Waals surface area (Å²) in [5.41, 5.74) is 6.35. The first-order valence-corrected chi connectivity index (χ1v) is 14.3. The number of anilines is 1. The minimum absolute atomic E-state index is 0.176. The van der Waals surface area contributed by atoms with Gasteiger partial charge in [0, 0.05) is 11.1 Å². The van der Waals surface area contributed by atoms with Crippen LogP contribution < -0.4 is 9.73 Å². The fourth-order valence-electron chi connectivity index (χ4n) is 3.82. The molecule has 0 saturated heterocycles. The molecule has 0 aliphatic heterocycles. The molecular formula is C30H29N3O6S. The van der Waals surface area contributed by atoms with Gasteiger partial charge in [-0.15, -0.1) is 0 Å². The summed E-state index contributed by atoms with van der Waals surface area (Å²) in [7, 11) is -3.55. The van der Waals surface area contributed by atoms with Crippen molar-refractivity contribution < 1.29 is 27.2 Å². The normalized spacial score (nSPS) is 11.4. The minimum atomic E-state index is -3.55. The number of ether oxygens (including phenoxy) is 1. The molecule has 4 aromatic rings. The van der Waals surface area contributed by atoms with Crippen molar-refractivity contribution in [2.75, 3.05) is 17.2 Å². The van der Waals surface area contributed by atoms with Crippen molar-refractivity contribution in [1.82, 2.24) is 5.43 Å². The van der Waals surface area contributed by atoms with Crippen molar-refractivity contribution in [2.24, 2.45) is 5.10 Å². The number of benzene rings is 3. The molecule has 4 rings (SSSR count). The number of aryl methyl sites for hydroxylation is 1. The standard InChI is InChI=1S/C30H29N3O6S/c1-4-38-30(35)25-11-9-23(10-12-25)28-18-17-27(39-28)19-31-32-29(34)24-13-15-26(16-14-24)33(40(3,36)37)20-22-7-5-21(2)6-8-22/h5-19H,4,20H2,1-3H3,(H,32,34)/b31-19-. The Bertz CT molecular complexity index is 1610. The highest BCUT2D eigenvalue weighted by Crippen LogP contribution is 2.23. The first-order valence-electron chi connectivity index (χ1n) is 12.5. The summed E-state index contributed by atoms with van der Waals surface area (Å²) in [5, 5.41) is 3.96. The maximum atomic E-state index is 12.6. The van der Waals surface area contributed by atoms with Crippen LogP contribution >= 0.6 is 0 Å². The highest BCUT2D eigenvalue weighted by molar-refractivity contribution is 7.92. The number of carbonyl (C=O) groups excluding carboxylic acids is 2. The summed E-state index contributed by atoms with van der Waals surface area (Å²) >= 11 is 0. The lowest BCUT2D eigenvalue weighted by molar-refractivity contribution is 0.0526. The van der Waals surface area contributed by atoms with E-state index in [1.807, 2.05) is 31.2 Å². The van der Waals surface area contributed by atoms with Crippen LogP contribution in [-0.2, 0) is 21.3 Å². The van der Waals surface area contributed by atoms with E-state index in [2.05, 4.69) is 10.5 Å². The Balaban J connectivity index is 1.38. The molecule has 0 spiro atoms. The van der Waals surface area contributed by atoms with Crippen molar-refractivity contribution in [3.63, 3.8) is 0 Å². The van der Waals surface area contributed by atoms with Gasteiger partial charge in [-0.2, -0.15) is 5.10 Å². The van der Waals surface area contributed by atoms with Crippen LogP contribution in [0.2, 0.25) is 0 Å². The summed E-state index contributed by atoms with van der Waals surface area (Å²) < 4.78 is 36.9. The van der Waals surface area contributed by atoms with Gasteiger partial charge < -0.3 is 9.15 Å². The molecule has 0 aliphatic rings. The van der Waals surface area contributed by atoms with Gasteiger partial charge in [-0.3, -0.25) is 9.10 Å². The van der Waals surface area contributed by atoms with E-state index in [0.717, 1.165) is 22.9 Å². The van der Waals surface area contributed by atoms with E-state index in [0.29, 0.717) is 34.9 Å². The topological polar surface area (TPSA) is 118 Å². The minimum Gasteiger partial charge on any atom is -0.462 e. The molecule has 0 aliphatic carbocycles. The predicted molar refractivity (Wildman–Crippen MR) is 154 cm³/mol. The molecule has 1 heterocycles. The summed E-state index contributed by atoms with van der Waals surface area (Å²) in [5.74, 6) is 0.134. The van der Waals surface area contributed by atoms with Crippen molar-refractivity contribution >= 4 is 33.8 Å². The average Bonchev–Trinajstić information content (AvgIpc) is 3.41. The van der Waals surface area contributed by atoms with Gasteiger partial charge in [0.15, 0.2) is 0 Å². The fourth-order valence-corrected chi connectivity index (χ4v) is 4.71. The third-order valence-electron chi connectivity index (χ3n) is 5.93. The van der Waals surface area contributed by atoms with E-state index in [9.17, 15) is 18.0 Å². The predicted octanol–water partition coefficient (Wildman–Crippen LogP) is 5.16. The van der Waals surface area contributed by atoms with E-state index in [-0.39, 0.29) is 12.5 Å². The molecule has 0 bridgehead atoms. The number of nitrogens with one attached hydrogen (secondary N) is 1. The second-order valence-electron chi connectivity index (χ2n) is 9.00. The highest BCUT2D eigenvalue weighted by Gasteiger charge is 2.18. The summed E-state index contributed by atoms with van der Waals surface area (Å²) in [6.45, 7) is 4.20. The molecule has 0 saturated carbocycles. The molecule has 206 valence electrons. The van der Waals surface area contributed by atoms with Crippen LogP contribution in [-0.4, -0.2) is 39.4 Å². The molecule has 10 heteroatoms. The highest BCUT2D eigenvalue weighted by atomic mass is 32.2. The molecule has 3 aromatic carbocycles. The second-order valence-corrected chi connectivity index (χ2v) is 10.9. The Morgan fingerprint density at radius 2 is 1.57 bits per heavy atom. The molecule has 0 radical (unpaired) electrons. The maximum absolute atomic E-state index is 12.6. The van der Waals surface area contributed by atoms with Gasteiger partial charge in [-0.05, 0) is 67.9 Å². The second kappa shape index (κ2) is 12.4. The Morgan fingerprint density at radius 3 is 2.20 bits per heavy atom. The van der Waals surface area contributed by atoms with Crippen molar-refractivity contribution in [3.05, 3.63) is 113 Å². The van der Waals surface area contributed by atoms with Gasteiger partial charge in [0.2, 0.25) is 10.0 Å². The average molecular weight is 560 g/mol. The number of furan rings is 1. The van der Waals surface area contributed by atoms with Crippen LogP contribution in [0.4, 0.5) is 5.69 Å². The molecular weight excluding hydrogens is 530 g/mol. The number of carbonyl (C=O) groups is 2. The molecule has 1 aromatic heterocycles. The fraction of sp³-hybridized carbons (Fsp3) is 0.167. The maximum Gasteiger partial charge on any atom is 0.338 e. The largest absolute Gasteiger partial charge is 0.462 e. The summed E-state index contributed by atoms with van der Waals surface area (Å²) in [6.07, 6.45) is 2.52. The molecule has 1 N–H and O–H groups in total. The van der Waals surface area contributed by atoms with Crippen LogP contribution in [0.1, 0.15) is 44.5 Å². The van der Waals surface area contributed by atoms with Gasteiger partial charge in [-0.1, -0.05) is 42.0 Å². The zero-order valence-electron chi connectivity index (χ0n) is 22.3. The number of esters is 1. The summed E-state index contributed by atoms with van der Waals surface area (Å²) in [6, 6.07) is 24.2. The van der Waals surface area contributed by atoms with Crippen molar-refractivity contribution in [3.8, 4) is 11.3 Å². The van der Waals surface area contributed by atoms with Crippen LogP contribution in [0.3, 0.4) is 0 Å². The van der Waals surface area contributed by atoms with Crippen LogP contribution in [0.5, 0.6) is 0 Å². The molecule has 40 heavy (non-hydrogen) atoms. The van der Waals surface area contributed by atoms with Gasteiger partial charge in [0.25, 0.3) is 5.91 Å². The molecule has 1 amide bonds. The number of hydrogen-bond acceptors (Lipinski definition) is 7. The lowest BCUT2D eigenvalue weighted by atomic mass is 10.1. The lowest BCUT2D eigenvalue weighted by Crippen LogP contribution is -2.29. The summed E-state index contributed by atoms with van der Waals surface area (Å²) in [4.78, 5) is 24.4. The number of nitrogens with zero attached hydrogens (tertiary/aromatic N) is 2. The van der Waals surface area contributed by atoms with Gasteiger partial charge >= 0.3 is 5.97 Å². The SMILES string of the molecule is CCOC(=O)c1ccc(-c2ccc(/C=N\NC(=O)c3ccc(N(Cc4ccc(C)cc4)S(C)(=O)=O)cc3)o2)cc1. The first-order chi connectivity index (χ1) is 19.1. The van der Waals surface area contributed by atoms with Gasteiger partial charge in [-0.25, -0.2) is 18.6 Å². The van der Waals surface area contributed by atoms with Gasteiger partial charge in [0.1, 0.15) is 11.5 Å². The molecule has 9 nitrogen and oxygen atoms in total. The van der Waals surface area contributed by atoms with E-state index in [1.165, 1.54) is 10.5 Å². The number of rotatable bonds is 10. The molecule has 0 atom stereocenters. The Morgan fingerprint density at radius 1 is 0.925 bits per heavy atom. The van der Waals surface area contributed by atoms with E-state index < -0.39 is 15.9 Å². The van der Waals surface area contributed by atoms with Crippen LogP contribution in [0, 0.1) is 6.92 Å². The zero-order valence-corrected chi connectivity index (χ0v) is 23.1. The molecule has 0 unspecified atom stereocenters. The van der Waals surface area contributed by atoms with Gasteiger partial charge in [0.05, 0.1) is 36.9 Å². The van der Waals surface area contributed by atoms with Crippen LogP contribution in [0.15, 0.2) is 94.4 Å². The third-order valence-corrected chi connectivity index (χ3v) is 7.07. The zero-order chi connectivity index (χ0) is 28.7. The molecule has 0 fully saturated rings. The van der Waals surface area contributed by atoms with E-state index in [4.69, 9.17) is 9.15 Å². The van der Waals surface area contributed by atoms with Crippen molar-refractivity contribution in [2.45, 2.75) is 20.4 Å². The van der Waals surface area contributed by atoms with E-state index >= 15 is 0 Å². The number of sulfonamides is 1. The smallest absolute Gasteiger partial charge is 0.338 e. The lowest BCUT2D eigenvalue weighted by Gasteiger charge is -2.22. The quantitative estimate of drug-likeness (QED) is 0.163. The third kappa shape index (κ3) is 7.23. The Kier molecular flexibility index (Phi) is 8.80. The monoisotopic (exact) mass is 559 g/mol. The number of amides is 1. The van der Waals surface area contributed by atoms with E-state index in [1.54, 1.807) is 67.6 Å². The number of hydrogen-bond donors (Lipinski definition) is 1. The first kappa shape index (κ1) is 28.3.